The van der Waals surface area contributed by atoms with Gasteiger partial charge in [0.1, 0.15) is 18.0 Å². The van der Waals surface area contributed by atoms with E-state index < -0.39 is 17.0 Å². The predicted octanol–water partition coefficient (Wildman–Crippen LogP) is 4.91. The molecule has 0 saturated heterocycles. The van der Waals surface area contributed by atoms with E-state index in [0.717, 1.165) is 29.8 Å². The maximum absolute atomic E-state index is 14.4. The number of nitrogens with zero attached hydrogens (tertiary/aromatic N) is 8. The number of benzene rings is 1. The van der Waals surface area contributed by atoms with Crippen molar-refractivity contribution in [1.29, 1.82) is 5.26 Å². The minimum absolute atomic E-state index is 0.148. The third kappa shape index (κ3) is 4.44. The summed E-state index contributed by atoms with van der Waals surface area (Å²) in [6.07, 6.45) is 5.26. The molecule has 0 amide bonds. The van der Waals surface area contributed by atoms with Crippen molar-refractivity contribution in [2.24, 2.45) is 5.41 Å². The molecule has 2 atom stereocenters. The molecule has 1 aliphatic rings. The number of hydrogen-bond acceptors (Lipinski definition) is 7. The first-order chi connectivity index (χ1) is 17.3. The second kappa shape index (κ2) is 9.15. The molecule has 1 aromatic carbocycles. The summed E-state index contributed by atoms with van der Waals surface area (Å²) in [5.74, 6) is -0.441. The molecule has 1 unspecified atom stereocenters. The van der Waals surface area contributed by atoms with Crippen LogP contribution in [-0.4, -0.2) is 34.9 Å². The molecule has 3 heterocycles. The van der Waals surface area contributed by atoms with Crippen molar-refractivity contribution in [2.45, 2.75) is 51.9 Å². The van der Waals surface area contributed by atoms with Gasteiger partial charge in [-0.1, -0.05) is 13.0 Å². The maximum atomic E-state index is 14.4. The molecular formula is C26H24F2N8. The van der Waals surface area contributed by atoms with Gasteiger partial charge in [-0.3, -0.25) is 0 Å². The Bertz CT molecular complexity index is 1450. The fraction of sp³-hybridized carbons (Fsp3) is 0.346. The highest BCUT2D eigenvalue weighted by atomic mass is 19.1. The van der Waals surface area contributed by atoms with Gasteiger partial charge in [0.15, 0.2) is 5.82 Å². The lowest BCUT2D eigenvalue weighted by atomic mass is 9.79. The minimum atomic E-state index is -0.671. The molecule has 3 aromatic heterocycles. The number of rotatable bonds is 5. The topological polar surface area (TPSA) is 106 Å². The molecule has 10 heteroatoms. The fourth-order valence-electron chi connectivity index (χ4n) is 4.52. The van der Waals surface area contributed by atoms with Crippen LogP contribution in [0.15, 0.2) is 42.9 Å². The first-order valence-electron chi connectivity index (χ1n) is 11.7. The lowest BCUT2D eigenvalue weighted by molar-refractivity contribution is 0.478. The Morgan fingerprint density at radius 1 is 1.11 bits per heavy atom. The smallest absolute Gasteiger partial charge is 0.220 e. The van der Waals surface area contributed by atoms with E-state index in [9.17, 15) is 14.0 Å². The van der Waals surface area contributed by atoms with E-state index in [1.165, 1.54) is 29.2 Å². The summed E-state index contributed by atoms with van der Waals surface area (Å²) in [4.78, 5) is 13.4. The summed E-state index contributed by atoms with van der Waals surface area (Å²) in [6.45, 7) is 5.74. The number of fused-ring (bicyclic) bond motifs is 1. The van der Waals surface area contributed by atoms with Gasteiger partial charge in [0.2, 0.25) is 0 Å². The molecule has 36 heavy (non-hydrogen) atoms. The van der Waals surface area contributed by atoms with Crippen molar-refractivity contribution in [3.05, 3.63) is 77.3 Å². The van der Waals surface area contributed by atoms with Gasteiger partial charge in [0.05, 0.1) is 34.1 Å². The van der Waals surface area contributed by atoms with Crippen molar-refractivity contribution < 1.29 is 8.78 Å². The fourth-order valence-corrected chi connectivity index (χ4v) is 4.52. The molecule has 182 valence electrons. The van der Waals surface area contributed by atoms with Gasteiger partial charge < -0.3 is 0 Å². The van der Waals surface area contributed by atoms with E-state index >= 15 is 0 Å². The Balaban J connectivity index is 1.48. The molecule has 0 aliphatic heterocycles. The zero-order chi connectivity index (χ0) is 25.4. The Hall–Kier alpha value is -4.13. The van der Waals surface area contributed by atoms with Crippen molar-refractivity contribution in [2.75, 3.05) is 0 Å². The minimum Gasteiger partial charge on any atom is -0.220 e. The first-order valence-corrected chi connectivity index (χ1v) is 11.7. The van der Waals surface area contributed by atoms with Crippen LogP contribution in [0.5, 0.6) is 0 Å². The molecule has 0 saturated carbocycles. The van der Waals surface area contributed by atoms with Crippen LogP contribution in [0, 0.1) is 28.4 Å². The zero-order valence-electron chi connectivity index (χ0n) is 20.2. The summed E-state index contributed by atoms with van der Waals surface area (Å²) in [6, 6.07) is 9.57. The Labute approximate surface area is 207 Å². The number of hydrogen-bond donors (Lipinski definition) is 0. The van der Waals surface area contributed by atoms with Gasteiger partial charge in [-0.05, 0) is 62.4 Å². The van der Waals surface area contributed by atoms with Gasteiger partial charge in [-0.25, -0.2) is 23.7 Å². The van der Waals surface area contributed by atoms with E-state index in [4.69, 9.17) is 4.98 Å². The van der Waals surface area contributed by atoms with E-state index in [1.54, 1.807) is 12.3 Å². The second-order valence-corrected chi connectivity index (χ2v) is 9.76. The lowest BCUT2D eigenvalue weighted by Crippen LogP contribution is -2.19. The van der Waals surface area contributed by atoms with Crippen LogP contribution in [0.1, 0.15) is 68.2 Å². The van der Waals surface area contributed by atoms with E-state index in [1.807, 2.05) is 19.9 Å². The molecule has 0 radical (unpaired) electrons. The van der Waals surface area contributed by atoms with Crippen LogP contribution in [0.3, 0.4) is 0 Å². The summed E-state index contributed by atoms with van der Waals surface area (Å²) in [5, 5.41) is 22.4. The Kier molecular flexibility index (Phi) is 6.00. The van der Waals surface area contributed by atoms with Gasteiger partial charge in [0.25, 0.3) is 5.95 Å². The highest BCUT2D eigenvalue weighted by Crippen LogP contribution is 2.41. The summed E-state index contributed by atoms with van der Waals surface area (Å²) >= 11 is 0. The molecule has 0 fully saturated rings. The van der Waals surface area contributed by atoms with E-state index in [-0.39, 0.29) is 23.1 Å². The van der Waals surface area contributed by atoms with Crippen molar-refractivity contribution in [3.8, 4) is 23.3 Å². The van der Waals surface area contributed by atoms with Gasteiger partial charge in [-0.2, -0.15) is 15.0 Å². The average molecular weight is 487 g/mol. The third-order valence-electron chi connectivity index (χ3n) is 6.49. The first kappa shape index (κ1) is 23.6. The largest absolute Gasteiger partial charge is 0.252 e. The van der Waals surface area contributed by atoms with Crippen LogP contribution < -0.4 is 0 Å². The number of aromatic nitrogens is 7. The van der Waals surface area contributed by atoms with Gasteiger partial charge in [-0.15, -0.1) is 10.2 Å². The molecule has 0 N–H and O–H groups in total. The van der Waals surface area contributed by atoms with Crippen LogP contribution in [0.2, 0.25) is 0 Å². The maximum Gasteiger partial charge on any atom is 0.252 e. The molecule has 0 bridgehead atoms. The standard InChI is InChI=1S/C26H24F2N8/c1-15-7-8-16(24-17(15)11-21(33-34-24)23-18(27)5-4-6-19(23)28)20-9-10-30-25(32-20)36-14-31-22(35-36)12-26(2,3)13-29/h4-6,9-11,14-16H,7-8,12H2,1-3H3/t15-,16?/m0/s1. The van der Waals surface area contributed by atoms with Crippen molar-refractivity contribution in [1.82, 2.24) is 34.9 Å². The van der Waals surface area contributed by atoms with E-state index in [0.29, 0.717) is 18.2 Å². The van der Waals surface area contributed by atoms with Crippen LogP contribution in [0.25, 0.3) is 17.2 Å². The zero-order valence-corrected chi connectivity index (χ0v) is 20.2. The number of nitriles is 1. The van der Waals surface area contributed by atoms with Crippen molar-refractivity contribution >= 4 is 0 Å². The Morgan fingerprint density at radius 3 is 2.64 bits per heavy atom. The molecular weight excluding hydrogens is 462 g/mol. The lowest BCUT2D eigenvalue weighted by Gasteiger charge is -2.28. The molecule has 5 rings (SSSR count). The molecule has 4 aromatic rings. The Morgan fingerprint density at radius 2 is 1.89 bits per heavy atom. The van der Waals surface area contributed by atoms with Gasteiger partial charge in [0, 0.05) is 18.5 Å². The summed E-state index contributed by atoms with van der Waals surface area (Å²) in [7, 11) is 0. The monoisotopic (exact) mass is 486 g/mol. The van der Waals surface area contributed by atoms with Crippen LogP contribution >= 0.6 is 0 Å². The van der Waals surface area contributed by atoms with Crippen LogP contribution in [0.4, 0.5) is 8.78 Å². The number of halogens is 2. The molecule has 1 aliphatic carbocycles. The molecule has 0 spiro atoms. The predicted molar refractivity (Wildman–Crippen MR) is 127 cm³/mol. The highest BCUT2D eigenvalue weighted by molar-refractivity contribution is 5.62. The quantitative estimate of drug-likeness (QED) is 0.394. The van der Waals surface area contributed by atoms with E-state index in [2.05, 4.69) is 38.3 Å². The third-order valence-corrected chi connectivity index (χ3v) is 6.49. The normalized spacial score (nSPS) is 17.4. The molecule has 8 nitrogen and oxygen atoms in total. The average Bonchev–Trinajstić information content (AvgIpc) is 3.32. The SMILES string of the molecule is C[C@H]1CCC(c2ccnc(-n3cnc(CC(C)(C)C#N)n3)n2)c2nnc(-c3c(F)cccc3F)cc21. The summed E-state index contributed by atoms with van der Waals surface area (Å²) < 4.78 is 30.2. The second-order valence-electron chi connectivity index (χ2n) is 9.76. The van der Waals surface area contributed by atoms with Crippen LogP contribution in [-0.2, 0) is 6.42 Å². The van der Waals surface area contributed by atoms with Crippen molar-refractivity contribution in [3.63, 3.8) is 0 Å². The highest BCUT2D eigenvalue weighted by Gasteiger charge is 2.30. The summed E-state index contributed by atoms with van der Waals surface area (Å²) in [5.41, 5.74) is 1.82. The van der Waals surface area contributed by atoms with Gasteiger partial charge >= 0.3 is 0 Å².